The van der Waals surface area contributed by atoms with E-state index < -0.39 is 0 Å². The van der Waals surface area contributed by atoms with Gasteiger partial charge in [-0.3, -0.25) is 9.69 Å². The van der Waals surface area contributed by atoms with Crippen LogP contribution < -0.4 is 4.74 Å². The average Bonchev–Trinajstić information content (AvgIpc) is 3.06. The van der Waals surface area contributed by atoms with E-state index in [1.807, 2.05) is 106 Å². The molecule has 1 amide bonds. The molecule has 0 aromatic heterocycles. The Morgan fingerprint density at radius 2 is 1.66 bits per heavy atom. The van der Waals surface area contributed by atoms with Crippen molar-refractivity contribution in [3.63, 3.8) is 0 Å². The van der Waals surface area contributed by atoms with E-state index in [4.69, 9.17) is 9.73 Å². The number of ether oxygens (including phenoxy) is 1. The monoisotopic (exact) mass is 442 g/mol. The number of aliphatic imine (C=N–C) groups is 1. The van der Waals surface area contributed by atoms with Crippen molar-refractivity contribution in [3.8, 4) is 5.75 Å². The molecule has 0 radical (unpaired) electrons. The van der Waals surface area contributed by atoms with Crippen molar-refractivity contribution < 1.29 is 9.53 Å². The second kappa shape index (κ2) is 9.88. The summed E-state index contributed by atoms with van der Waals surface area (Å²) in [6, 6.07) is 25.8. The zero-order valence-corrected chi connectivity index (χ0v) is 19.3. The normalized spacial score (nSPS) is 16.4. The molecule has 0 atom stereocenters. The van der Waals surface area contributed by atoms with Crippen LogP contribution in [0.25, 0.3) is 6.08 Å². The fraction of sp³-hybridized carbons (Fsp3) is 0.185. The predicted molar refractivity (Wildman–Crippen MR) is 133 cm³/mol. The SMILES string of the molecule is Cc1ccc(N=C2S/C(=C/c3ccc(OC(C)C)cc3)C(=O)N2Cc2ccccc2)cc1. The average molecular weight is 443 g/mol. The lowest BCUT2D eigenvalue weighted by atomic mass is 10.2. The Morgan fingerprint density at radius 3 is 2.31 bits per heavy atom. The lowest BCUT2D eigenvalue weighted by molar-refractivity contribution is -0.122. The van der Waals surface area contributed by atoms with Gasteiger partial charge in [0, 0.05) is 0 Å². The van der Waals surface area contributed by atoms with E-state index in [0.717, 1.165) is 22.6 Å². The third-order valence-corrected chi connectivity index (χ3v) is 5.89. The second-order valence-electron chi connectivity index (χ2n) is 7.95. The second-order valence-corrected chi connectivity index (χ2v) is 8.96. The molecular weight excluding hydrogens is 416 g/mol. The van der Waals surface area contributed by atoms with E-state index in [9.17, 15) is 4.79 Å². The van der Waals surface area contributed by atoms with Gasteiger partial charge in [0.15, 0.2) is 5.17 Å². The van der Waals surface area contributed by atoms with Gasteiger partial charge in [-0.15, -0.1) is 0 Å². The van der Waals surface area contributed by atoms with Gasteiger partial charge in [-0.25, -0.2) is 4.99 Å². The number of amides is 1. The number of nitrogens with zero attached hydrogens (tertiary/aromatic N) is 2. The minimum absolute atomic E-state index is 0.0350. The van der Waals surface area contributed by atoms with Crippen molar-refractivity contribution in [1.82, 2.24) is 4.90 Å². The number of carbonyl (C=O) groups excluding carboxylic acids is 1. The molecule has 4 nitrogen and oxygen atoms in total. The van der Waals surface area contributed by atoms with E-state index in [1.165, 1.54) is 17.3 Å². The number of aryl methyl sites for hydroxylation is 1. The number of amidine groups is 1. The van der Waals surface area contributed by atoms with Gasteiger partial charge in [0.25, 0.3) is 5.91 Å². The lowest BCUT2D eigenvalue weighted by Crippen LogP contribution is -2.28. The Hall–Kier alpha value is -3.31. The number of benzene rings is 3. The molecule has 3 aromatic rings. The summed E-state index contributed by atoms with van der Waals surface area (Å²) in [7, 11) is 0. The van der Waals surface area contributed by atoms with E-state index in [1.54, 1.807) is 4.90 Å². The number of hydrogen-bond acceptors (Lipinski definition) is 4. The highest BCUT2D eigenvalue weighted by Crippen LogP contribution is 2.35. The molecule has 0 unspecified atom stereocenters. The summed E-state index contributed by atoms with van der Waals surface area (Å²) in [6.45, 7) is 6.53. The first-order chi connectivity index (χ1) is 15.5. The summed E-state index contributed by atoms with van der Waals surface area (Å²) >= 11 is 1.41. The maximum atomic E-state index is 13.3. The molecule has 0 bridgehead atoms. The van der Waals surface area contributed by atoms with Gasteiger partial charge < -0.3 is 4.74 Å². The first kappa shape index (κ1) is 21.9. The summed E-state index contributed by atoms with van der Waals surface area (Å²) in [5, 5.41) is 0.689. The molecule has 1 aliphatic heterocycles. The number of rotatable bonds is 6. The van der Waals surface area contributed by atoms with Crippen molar-refractivity contribution in [1.29, 1.82) is 0 Å². The van der Waals surface area contributed by atoms with Gasteiger partial charge in [-0.1, -0.05) is 60.2 Å². The molecular formula is C27H26N2O2S. The highest BCUT2D eigenvalue weighted by Gasteiger charge is 2.33. The van der Waals surface area contributed by atoms with Crippen LogP contribution in [0.4, 0.5) is 5.69 Å². The van der Waals surface area contributed by atoms with Crippen LogP contribution in [0.1, 0.15) is 30.5 Å². The number of hydrogen-bond donors (Lipinski definition) is 0. The van der Waals surface area contributed by atoms with Crippen LogP contribution in [-0.4, -0.2) is 22.1 Å². The molecule has 0 N–H and O–H groups in total. The summed E-state index contributed by atoms with van der Waals surface area (Å²) < 4.78 is 5.72. The molecule has 0 saturated carbocycles. The van der Waals surface area contributed by atoms with Crippen LogP contribution in [0.3, 0.4) is 0 Å². The Balaban J connectivity index is 1.63. The Kier molecular flexibility index (Phi) is 6.76. The molecule has 1 fully saturated rings. The lowest BCUT2D eigenvalue weighted by Gasteiger charge is -2.15. The summed E-state index contributed by atoms with van der Waals surface area (Å²) in [4.78, 5) is 20.5. The Labute approximate surface area is 193 Å². The van der Waals surface area contributed by atoms with Crippen LogP contribution in [0.2, 0.25) is 0 Å². The largest absolute Gasteiger partial charge is 0.491 e. The van der Waals surface area contributed by atoms with Gasteiger partial charge in [-0.05, 0) is 74.0 Å². The highest BCUT2D eigenvalue weighted by molar-refractivity contribution is 8.18. The minimum atomic E-state index is -0.0350. The van der Waals surface area contributed by atoms with Crippen LogP contribution in [0.15, 0.2) is 88.8 Å². The first-order valence-electron chi connectivity index (χ1n) is 10.7. The van der Waals surface area contributed by atoms with E-state index in [-0.39, 0.29) is 12.0 Å². The minimum Gasteiger partial charge on any atom is -0.491 e. The summed E-state index contributed by atoms with van der Waals surface area (Å²) in [6.07, 6.45) is 2.04. The molecule has 0 spiro atoms. The fourth-order valence-corrected chi connectivity index (χ4v) is 4.29. The first-order valence-corrected chi connectivity index (χ1v) is 11.5. The standard InChI is InChI=1S/C27H26N2O2S/c1-19(2)31-24-15-11-21(12-16-24)17-25-26(30)29(18-22-7-5-4-6-8-22)27(32-25)28-23-13-9-20(3)10-14-23/h4-17,19H,18H2,1-3H3/b25-17+,28-27?. The van der Waals surface area contributed by atoms with Gasteiger partial charge >= 0.3 is 0 Å². The van der Waals surface area contributed by atoms with E-state index >= 15 is 0 Å². The molecule has 3 aromatic carbocycles. The van der Waals surface area contributed by atoms with Crippen molar-refractivity contribution in [2.24, 2.45) is 4.99 Å². The number of thioether (sulfide) groups is 1. The van der Waals surface area contributed by atoms with Crippen molar-refractivity contribution in [2.75, 3.05) is 0 Å². The van der Waals surface area contributed by atoms with Gasteiger partial charge in [0.1, 0.15) is 5.75 Å². The third-order valence-electron chi connectivity index (χ3n) is 4.88. The highest BCUT2D eigenvalue weighted by atomic mass is 32.2. The van der Waals surface area contributed by atoms with Crippen LogP contribution in [-0.2, 0) is 11.3 Å². The predicted octanol–water partition coefficient (Wildman–Crippen LogP) is 6.59. The smallest absolute Gasteiger partial charge is 0.267 e. The van der Waals surface area contributed by atoms with Gasteiger partial charge in [0.2, 0.25) is 0 Å². The number of carbonyl (C=O) groups is 1. The molecule has 1 heterocycles. The van der Waals surface area contributed by atoms with E-state index in [0.29, 0.717) is 16.6 Å². The Bertz CT molecular complexity index is 1130. The molecule has 162 valence electrons. The van der Waals surface area contributed by atoms with Crippen molar-refractivity contribution >= 4 is 34.6 Å². The van der Waals surface area contributed by atoms with Gasteiger partial charge in [0.05, 0.1) is 23.2 Å². The zero-order chi connectivity index (χ0) is 22.5. The van der Waals surface area contributed by atoms with Crippen LogP contribution >= 0.6 is 11.8 Å². The summed E-state index contributed by atoms with van der Waals surface area (Å²) in [5.41, 5.74) is 4.03. The van der Waals surface area contributed by atoms with Crippen LogP contribution in [0.5, 0.6) is 5.75 Å². The van der Waals surface area contributed by atoms with E-state index in [2.05, 4.69) is 0 Å². The quantitative estimate of drug-likeness (QED) is 0.405. The van der Waals surface area contributed by atoms with Crippen molar-refractivity contribution in [2.45, 2.75) is 33.4 Å². The van der Waals surface area contributed by atoms with Crippen LogP contribution in [0, 0.1) is 6.92 Å². The molecule has 32 heavy (non-hydrogen) atoms. The molecule has 1 aliphatic rings. The maximum absolute atomic E-state index is 13.3. The molecule has 1 saturated heterocycles. The molecule has 4 rings (SSSR count). The summed E-state index contributed by atoms with van der Waals surface area (Å²) in [5.74, 6) is 0.784. The maximum Gasteiger partial charge on any atom is 0.267 e. The van der Waals surface area contributed by atoms with Gasteiger partial charge in [-0.2, -0.15) is 0 Å². The molecule has 5 heteroatoms. The molecule has 0 aliphatic carbocycles. The fourth-order valence-electron chi connectivity index (χ4n) is 3.29. The topological polar surface area (TPSA) is 41.9 Å². The van der Waals surface area contributed by atoms with Crippen molar-refractivity contribution in [3.05, 3.63) is 100 Å². The Morgan fingerprint density at radius 1 is 0.969 bits per heavy atom. The third kappa shape index (κ3) is 5.48. The zero-order valence-electron chi connectivity index (χ0n) is 18.5.